The minimum Gasteiger partial charge on any atom is -0.375 e. The van der Waals surface area contributed by atoms with E-state index in [1.54, 1.807) is 0 Å². The summed E-state index contributed by atoms with van der Waals surface area (Å²) in [6.45, 7) is 5.37. The summed E-state index contributed by atoms with van der Waals surface area (Å²) in [4.78, 5) is 6.55. The zero-order valence-electron chi connectivity index (χ0n) is 9.72. The smallest absolute Gasteiger partial charge is 0.0748 e. The maximum absolute atomic E-state index is 5.65. The van der Waals surface area contributed by atoms with Crippen molar-refractivity contribution < 1.29 is 4.74 Å². The van der Waals surface area contributed by atoms with Gasteiger partial charge in [-0.05, 0) is 18.6 Å². The summed E-state index contributed by atoms with van der Waals surface area (Å²) in [5.74, 6) is 0. The van der Waals surface area contributed by atoms with Crippen LogP contribution in [0, 0.1) is 0 Å². The van der Waals surface area contributed by atoms with Crippen molar-refractivity contribution >= 4 is 5.69 Å². The Bertz CT molecular complexity index is 343. The molecule has 0 saturated carbocycles. The molecule has 2 heterocycles. The van der Waals surface area contributed by atoms with Crippen LogP contribution < -0.4 is 10.6 Å². The Kier molecular flexibility index (Phi) is 3.74. The lowest BCUT2D eigenvalue weighted by atomic mass is 10.2. The summed E-state index contributed by atoms with van der Waals surface area (Å²) in [7, 11) is 0. The normalized spacial score (nSPS) is 21.1. The number of hydrogen-bond donors (Lipinski definition) is 1. The van der Waals surface area contributed by atoms with Crippen LogP contribution >= 0.6 is 0 Å². The van der Waals surface area contributed by atoms with Crippen molar-refractivity contribution in [3.05, 3.63) is 24.0 Å². The third kappa shape index (κ3) is 2.51. The number of nitrogens with zero attached hydrogens (tertiary/aromatic N) is 2. The van der Waals surface area contributed by atoms with Gasteiger partial charge < -0.3 is 15.4 Å². The summed E-state index contributed by atoms with van der Waals surface area (Å²) < 4.78 is 5.65. The number of aromatic nitrogens is 1. The molecule has 2 rings (SSSR count). The number of rotatable bonds is 3. The molecule has 1 fully saturated rings. The number of pyridine rings is 1. The molecule has 1 aliphatic rings. The predicted octanol–water partition coefficient (Wildman–Crippen LogP) is 1.16. The molecule has 16 heavy (non-hydrogen) atoms. The lowest BCUT2D eigenvalue weighted by Crippen LogP contribution is -2.42. The van der Waals surface area contributed by atoms with Crippen molar-refractivity contribution in [2.75, 3.05) is 24.6 Å². The molecule has 1 atom stereocenters. The van der Waals surface area contributed by atoms with Crippen molar-refractivity contribution in [2.24, 2.45) is 5.73 Å². The SMILES string of the molecule is CCC1CN(c2ccnc(CN)c2)CCO1. The fourth-order valence-electron chi connectivity index (χ4n) is 1.97. The zero-order valence-corrected chi connectivity index (χ0v) is 9.72. The topological polar surface area (TPSA) is 51.4 Å². The van der Waals surface area contributed by atoms with Crippen molar-refractivity contribution in [3.63, 3.8) is 0 Å². The highest BCUT2D eigenvalue weighted by atomic mass is 16.5. The van der Waals surface area contributed by atoms with Gasteiger partial charge >= 0.3 is 0 Å². The van der Waals surface area contributed by atoms with Gasteiger partial charge in [0.25, 0.3) is 0 Å². The summed E-state index contributed by atoms with van der Waals surface area (Å²) >= 11 is 0. The Morgan fingerprint density at radius 2 is 2.50 bits per heavy atom. The highest BCUT2D eigenvalue weighted by molar-refractivity contribution is 5.47. The van der Waals surface area contributed by atoms with Gasteiger partial charge in [-0.15, -0.1) is 0 Å². The maximum Gasteiger partial charge on any atom is 0.0748 e. The first-order valence-electron chi connectivity index (χ1n) is 5.85. The Labute approximate surface area is 96.4 Å². The number of morpholine rings is 1. The van der Waals surface area contributed by atoms with E-state index in [-0.39, 0.29) is 0 Å². The van der Waals surface area contributed by atoms with Crippen LogP contribution in [-0.4, -0.2) is 30.8 Å². The molecule has 0 radical (unpaired) electrons. The average Bonchev–Trinajstić information content (AvgIpc) is 2.39. The van der Waals surface area contributed by atoms with Gasteiger partial charge in [0.2, 0.25) is 0 Å². The molecule has 4 heteroatoms. The zero-order chi connectivity index (χ0) is 11.4. The third-order valence-electron chi connectivity index (χ3n) is 2.97. The molecule has 0 bridgehead atoms. The molecule has 0 amide bonds. The number of hydrogen-bond acceptors (Lipinski definition) is 4. The molecule has 0 aromatic carbocycles. The number of anilines is 1. The molecular formula is C12H19N3O. The lowest BCUT2D eigenvalue weighted by Gasteiger charge is -2.34. The van der Waals surface area contributed by atoms with E-state index in [1.165, 1.54) is 5.69 Å². The van der Waals surface area contributed by atoms with Crippen LogP contribution in [-0.2, 0) is 11.3 Å². The van der Waals surface area contributed by atoms with Gasteiger partial charge in [0.1, 0.15) is 0 Å². The van der Waals surface area contributed by atoms with Gasteiger partial charge in [0.05, 0.1) is 18.4 Å². The second kappa shape index (κ2) is 5.27. The molecule has 2 N–H and O–H groups in total. The van der Waals surface area contributed by atoms with E-state index in [0.717, 1.165) is 31.8 Å². The molecular weight excluding hydrogens is 202 g/mol. The highest BCUT2D eigenvalue weighted by Crippen LogP contribution is 2.18. The van der Waals surface area contributed by atoms with E-state index < -0.39 is 0 Å². The van der Waals surface area contributed by atoms with Gasteiger partial charge in [-0.2, -0.15) is 0 Å². The number of ether oxygens (including phenoxy) is 1. The molecule has 0 aliphatic carbocycles. The van der Waals surface area contributed by atoms with Crippen LogP contribution in [0.2, 0.25) is 0 Å². The predicted molar refractivity (Wildman–Crippen MR) is 64.4 cm³/mol. The quantitative estimate of drug-likeness (QED) is 0.832. The lowest BCUT2D eigenvalue weighted by molar-refractivity contribution is 0.0384. The Morgan fingerprint density at radius 1 is 1.62 bits per heavy atom. The standard InChI is InChI=1S/C12H19N3O/c1-2-12-9-15(5-6-16-12)11-3-4-14-10(7-11)8-13/h3-4,7,12H,2,5-6,8-9,13H2,1H3. The summed E-state index contributed by atoms with van der Waals surface area (Å²) in [5.41, 5.74) is 7.74. The largest absolute Gasteiger partial charge is 0.375 e. The average molecular weight is 221 g/mol. The monoisotopic (exact) mass is 221 g/mol. The third-order valence-corrected chi connectivity index (χ3v) is 2.97. The molecule has 1 aromatic heterocycles. The Balaban J connectivity index is 2.10. The van der Waals surface area contributed by atoms with Crippen molar-refractivity contribution in [3.8, 4) is 0 Å². The Hall–Kier alpha value is -1.13. The molecule has 1 unspecified atom stereocenters. The van der Waals surface area contributed by atoms with Gasteiger partial charge in [-0.1, -0.05) is 6.92 Å². The van der Waals surface area contributed by atoms with E-state index in [9.17, 15) is 0 Å². The molecule has 1 aromatic rings. The van der Waals surface area contributed by atoms with Crippen LogP contribution in [0.4, 0.5) is 5.69 Å². The van der Waals surface area contributed by atoms with Crippen molar-refractivity contribution in [1.29, 1.82) is 0 Å². The van der Waals surface area contributed by atoms with Gasteiger partial charge in [0.15, 0.2) is 0 Å². The van der Waals surface area contributed by atoms with Crippen LogP contribution in [0.5, 0.6) is 0 Å². The highest BCUT2D eigenvalue weighted by Gasteiger charge is 2.19. The maximum atomic E-state index is 5.65. The molecule has 1 aliphatic heterocycles. The fourth-order valence-corrected chi connectivity index (χ4v) is 1.97. The second-order valence-electron chi connectivity index (χ2n) is 4.06. The molecule has 0 spiro atoms. The van der Waals surface area contributed by atoms with E-state index in [1.807, 2.05) is 12.3 Å². The number of nitrogens with two attached hydrogens (primary N) is 1. The first kappa shape index (κ1) is 11.4. The van der Waals surface area contributed by atoms with Gasteiger partial charge in [-0.25, -0.2) is 0 Å². The first-order chi connectivity index (χ1) is 7.83. The van der Waals surface area contributed by atoms with Crippen molar-refractivity contribution in [1.82, 2.24) is 4.98 Å². The van der Waals surface area contributed by atoms with Gasteiger partial charge in [-0.3, -0.25) is 4.98 Å². The summed E-state index contributed by atoms with van der Waals surface area (Å²) in [6, 6.07) is 4.11. The van der Waals surface area contributed by atoms with Crippen LogP contribution in [0.1, 0.15) is 19.0 Å². The minimum absolute atomic E-state index is 0.350. The second-order valence-corrected chi connectivity index (χ2v) is 4.06. The van der Waals surface area contributed by atoms with Crippen LogP contribution in [0.15, 0.2) is 18.3 Å². The van der Waals surface area contributed by atoms with E-state index in [4.69, 9.17) is 10.5 Å². The van der Waals surface area contributed by atoms with Gasteiger partial charge in [0, 0.05) is 31.5 Å². The summed E-state index contributed by atoms with van der Waals surface area (Å²) in [5, 5.41) is 0. The van der Waals surface area contributed by atoms with E-state index in [0.29, 0.717) is 12.6 Å². The molecule has 88 valence electrons. The van der Waals surface area contributed by atoms with E-state index in [2.05, 4.69) is 22.9 Å². The first-order valence-corrected chi connectivity index (χ1v) is 5.85. The molecule has 4 nitrogen and oxygen atoms in total. The van der Waals surface area contributed by atoms with Crippen molar-refractivity contribution in [2.45, 2.75) is 26.0 Å². The van der Waals surface area contributed by atoms with Crippen LogP contribution in [0.25, 0.3) is 0 Å². The van der Waals surface area contributed by atoms with Crippen LogP contribution in [0.3, 0.4) is 0 Å². The summed E-state index contributed by atoms with van der Waals surface area (Å²) in [6.07, 6.45) is 3.24. The Morgan fingerprint density at radius 3 is 3.25 bits per heavy atom. The minimum atomic E-state index is 0.350. The van der Waals surface area contributed by atoms with E-state index >= 15 is 0 Å². The molecule has 1 saturated heterocycles. The fraction of sp³-hybridized carbons (Fsp3) is 0.583.